The number of alkyl carbamates (subject to hydrolysis) is 1. The lowest BCUT2D eigenvalue weighted by Crippen LogP contribution is -2.54. The van der Waals surface area contributed by atoms with Crippen molar-refractivity contribution in [2.45, 2.75) is 45.4 Å². The quantitative estimate of drug-likeness (QED) is 0.558. The number of benzene rings is 2. The van der Waals surface area contributed by atoms with Gasteiger partial charge < -0.3 is 21.1 Å². The number of primary amides is 1. The minimum atomic E-state index is -0.855. The molecule has 0 aliphatic heterocycles. The zero-order valence-electron chi connectivity index (χ0n) is 17.3. The first kappa shape index (κ1) is 22.9. The summed E-state index contributed by atoms with van der Waals surface area (Å²) in [5.41, 5.74) is 7.36. The summed E-state index contributed by atoms with van der Waals surface area (Å²) in [4.78, 5) is 36.7. The number of hydrogen-bond acceptors (Lipinski definition) is 4. The summed E-state index contributed by atoms with van der Waals surface area (Å²) in [5.74, 6) is -1.30. The lowest BCUT2D eigenvalue weighted by atomic mass is 10.0. The van der Waals surface area contributed by atoms with Crippen molar-refractivity contribution < 1.29 is 19.1 Å². The topological polar surface area (TPSA) is 111 Å². The van der Waals surface area contributed by atoms with E-state index in [1.807, 2.05) is 60.7 Å². The molecule has 30 heavy (non-hydrogen) atoms. The maximum atomic E-state index is 12.7. The van der Waals surface area contributed by atoms with Crippen LogP contribution in [0.1, 0.15) is 31.4 Å². The Balaban J connectivity index is 1.91. The maximum Gasteiger partial charge on any atom is 0.408 e. The fraction of sp³-hybridized carbons (Fsp3) is 0.348. The normalized spacial score (nSPS) is 12.6. The largest absolute Gasteiger partial charge is 0.445 e. The summed E-state index contributed by atoms with van der Waals surface area (Å²) in [6, 6.07) is 17.2. The molecule has 0 saturated carbocycles. The van der Waals surface area contributed by atoms with Crippen molar-refractivity contribution in [2.24, 2.45) is 11.7 Å². The highest BCUT2D eigenvalue weighted by Crippen LogP contribution is 2.08. The van der Waals surface area contributed by atoms with E-state index in [-0.39, 0.29) is 12.5 Å². The van der Waals surface area contributed by atoms with E-state index < -0.39 is 30.0 Å². The van der Waals surface area contributed by atoms with Gasteiger partial charge in [0.2, 0.25) is 11.8 Å². The van der Waals surface area contributed by atoms with Gasteiger partial charge >= 0.3 is 6.09 Å². The molecule has 0 aliphatic rings. The van der Waals surface area contributed by atoms with Crippen molar-refractivity contribution in [3.05, 3.63) is 71.8 Å². The van der Waals surface area contributed by atoms with Gasteiger partial charge in [-0.2, -0.15) is 0 Å². The molecule has 0 bridgehead atoms. The number of aryl methyl sites for hydroxylation is 1. The highest BCUT2D eigenvalue weighted by molar-refractivity contribution is 5.90. The van der Waals surface area contributed by atoms with Gasteiger partial charge in [-0.05, 0) is 29.9 Å². The van der Waals surface area contributed by atoms with Crippen LogP contribution in [0, 0.1) is 5.92 Å². The van der Waals surface area contributed by atoms with E-state index in [4.69, 9.17) is 10.5 Å². The second-order valence-electron chi connectivity index (χ2n) is 7.42. The second-order valence-corrected chi connectivity index (χ2v) is 7.42. The van der Waals surface area contributed by atoms with Crippen LogP contribution in [0.3, 0.4) is 0 Å². The van der Waals surface area contributed by atoms with Crippen LogP contribution >= 0.6 is 0 Å². The summed E-state index contributed by atoms with van der Waals surface area (Å²) in [7, 11) is 0. The van der Waals surface area contributed by atoms with Crippen molar-refractivity contribution in [3.63, 3.8) is 0 Å². The third kappa shape index (κ3) is 7.58. The third-order valence-electron chi connectivity index (χ3n) is 4.66. The van der Waals surface area contributed by atoms with Crippen LogP contribution in [0.4, 0.5) is 4.79 Å². The van der Waals surface area contributed by atoms with Crippen LogP contribution < -0.4 is 16.4 Å². The summed E-state index contributed by atoms with van der Waals surface area (Å²) in [5, 5.41) is 5.24. The molecule has 0 aliphatic carbocycles. The molecule has 2 aromatic rings. The minimum absolute atomic E-state index is 0.0973. The molecule has 2 rings (SSSR count). The smallest absolute Gasteiger partial charge is 0.408 e. The Labute approximate surface area is 177 Å². The molecule has 3 amide bonds. The molecule has 7 nitrogen and oxygen atoms in total. The number of carbonyl (C=O) groups is 3. The molecule has 0 radical (unpaired) electrons. The predicted molar refractivity (Wildman–Crippen MR) is 114 cm³/mol. The summed E-state index contributed by atoms with van der Waals surface area (Å²) in [6.45, 7) is 3.69. The summed E-state index contributed by atoms with van der Waals surface area (Å²) >= 11 is 0. The number of rotatable bonds is 10. The predicted octanol–water partition coefficient (Wildman–Crippen LogP) is 2.54. The number of amides is 3. The van der Waals surface area contributed by atoms with Crippen molar-refractivity contribution in [2.75, 3.05) is 0 Å². The van der Waals surface area contributed by atoms with Crippen molar-refractivity contribution >= 4 is 17.9 Å². The van der Waals surface area contributed by atoms with E-state index in [2.05, 4.69) is 10.6 Å². The average molecular weight is 412 g/mol. The average Bonchev–Trinajstić information content (AvgIpc) is 2.74. The van der Waals surface area contributed by atoms with Crippen LogP contribution in [0.25, 0.3) is 0 Å². The van der Waals surface area contributed by atoms with E-state index in [9.17, 15) is 14.4 Å². The zero-order valence-corrected chi connectivity index (χ0v) is 17.3. The number of nitrogens with two attached hydrogens (primary N) is 1. The summed E-state index contributed by atoms with van der Waals surface area (Å²) < 4.78 is 5.19. The molecule has 160 valence electrons. The number of ether oxygens (including phenoxy) is 1. The Kier molecular flexibility index (Phi) is 8.87. The first-order valence-corrected chi connectivity index (χ1v) is 9.97. The van der Waals surface area contributed by atoms with Gasteiger partial charge in [0, 0.05) is 0 Å². The highest BCUT2D eigenvalue weighted by Gasteiger charge is 2.28. The molecule has 7 heteroatoms. The molecular formula is C23H29N3O4. The fourth-order valence-electron chi connectivity index (χ4n) is 2.93. The van der Waals surface area contributed by atoms with Gasteiger partial charge in [-0.3, -0.25) is 9.59 Å². The Morgan fingerprint density at radius 2 is 1.47 bits per heavy atom. The van der Waals surface area contributed by atoms with E-state index >= 15 is 0 Å². The molecule has 4 N–H and O–H groups in total. The minimum Gasteiger partial charge on any atom is -0.445 e. The molecule has 2 atom stereocenters. The van der Waals surface area contributed by atoms with Gasteiger partial charge in [-0.1, -0.05) is 74.5 Å². The SMILES string of the molecule is CC(C)[C@@H](NC(=O)OCc1ccccc1)C(=O)N[C@H](CCc1ccccc1)C(N)=O. The first-order chi connectivity index (χ1) is 14.4. The van der Waals surface area contributed by atoms with Crippen LogP contribution in [-0.2, 0) is 27.4 Å². The van der Waals surface area contributed by atoms with Gasteiger partial charge in [0.05, 0.1) is 0 Å². The Morgan fingerprint density at radius 1 is 0.900 bits per heavy atom. The van der Waals surface area contributed by atoms with Crippen molar-refractivity contribution in [1.82, 2.24) is 10.6 Å². The molecular weight excluding hydrogens is 382 g/mol. The number of hydrogen-bond donors (Lipinski definition) is 3. The number of carbonyl (C=O) groups excluding carboxylic acids is 3. The third-order valence-corrected chi connectivity index (χ3v) is 4.66. The standard InChI is InChI=1S/C23H29N3O4/c1-16(2)20(26-23(29)30-15-18-11-7-4-8-12-18)22(28)25-19(21(24)27)14-13-17-9-5-3-6-10-17/h3-12,16,19-20H,13-15H2,1-2H3,(H2,24,27)(H,25,28)(H,26,29)/t19-,20-/m1/s1. The Bertz CT molecular complexity index is 825. The molecule has 0 saturated heterocycles. The Morgan fingerprint density at radius 3 is 2.00 bits per heavy atom. The van der Waals surface area contributed by atoms with Crippen LogP contribution in [0.2, 0.25) is 0 Å². The molecule has 0 heterocycles. The zero-order chi connectivity index (χ0) is 21.9. The van der Waals surface area contributed by atoms with Gasteiger partial charge in [0.25, 0.3) is 0 Å². The highest BCUT2D eigenvalue weighted by atomic mass is 16.5. The van der Waals surface area contributed by atoms with Gasteiger partial charge in [-0.25, -0.2) is 4.79 Å². The van der Waals surface area contributed by atoms with Crippen LogP contribution in [-0.4, -0.2) is 30.0 Å². The monoisotopic (exact) mass is 411 g/mol. The van der Waals surface area contributed by atoms with Crippen LogP contribution in [0.15, 0.2) is 60.7 Å². The Hall–Kier alpha value is -3.35. The lowest BCUT2D eigenvalue weighted by molar-refractivity contribution is -0.129. The molecule has 0 spiro atoms. The van der Waals surface area contributed by atoms with E-state index in [0.717, 1.165) is 11.1 Å². The molecule has 0 unspecified atom stereocenters. The molecule has 0 aromatic heterocycles. The van der Waals surface area contributed by atoms with Gasteiger partial charge in [0.15, 0.2) is 0 Å². The van der Waals surface area contributed by atoms with E-state index in [1.54, 1.807) is 13.8 Å². The van der Waals surface area contributed by atoms with E-state index in [0.29, 0.717) is 12.8 Å². The lowest BCUT2D eigenvalue weighted by Gasteiger charge is -2.24. The van der Waals surface area contributed by atoms with E-state index in [1.165, 1.54) is 0 Å². The van der Waals surface area contributed by atoms with Gasteiger partial charge in [-0.15, -0.1) is 0 Å². The second kappa shape index (κ2) is 11.6. The first-order valence-electron chi connectivity index (χ1n) is 9.97. The molecule has 2 aromatic carbocycles. The van der Waals surface area contributed by atoms with Gasteiger partial charge in [0.1, 0.15) is 18.7 Å². The summed E-state index contributed by atoms with van der Waals surface area (Å²) in [6.07, 6.45) is 0.259. The van der Waals surface area contributed by atoms with Crippen LogP contribution in [0.5, 0.6) is 0 Å². The molecule has 0 fully saturated rings. The number of nitrogens with one attached hydrogen (secondary N) is 2. The van der Waals surface area contributed by atoms with Crippen molar-refractivity contribution in [1.29, 1.82) is 0 Å². The fourth-order valence-corrected chi connectivity index (χ4v) is 2.93. The maximum absolute atomic E-state index is 12.7. The van der Waals surface area contributed by atoms with Crippen molar-refractivity contribution in [3.8, 4) is 0 Å².